The Kier molecular flexibility index (Phi) is 6.64. The van der Waals surface area contributed by atoms with Crippen molar-refractivity contribution < 1.29 is 18.0 Å². The Labute approximate surface area is 169 Å². The van der Waals surface area contributed by atoms with Gasteiger partial charge in [-0.1, -0.05) is 35.9 Å². The second kappa shape index (κ2) is 8.98. The SMILES string of the molecule is Cc1ccc(C(=O)CCC(=O)N2CCC(NS(=O)(=O)c3cccs3)CC2)cc1. The number of likely N-dealkylation sites (tertiary alicyclic amines) is 1. The van der Waals surface area contributed by atoms with Crippen LogP contribution in [0.15, 0.2) is 46.0 Å². The second-order valence-corrected chi connectivity index (χ2v) is 9.89. The molecular weight excluding hydrogens is 396 g/mol. The molecule has 0 bridgehead atoms. The summed E-state index contributed by atoms with van der Waals surface area (Å²) in [5.74, 6) is -0.0908. The van der Waals surface area contributed by atoms with Crippen LogP contribution < -0.4 is 4.72 Å². The number of nitrogens with zero attached hydrogens (tertiary/aromatic N) is 1. The first kappa shape index (κ1) is 20.7. The number of carbonyl (C=O) groups is 2. The van der Waals surface area contributed by atoms with Crippen molar-refractivity contribution in [1.29, 1.82) is 0 Å². The van der Waals surface area contributed by atoms with E-state index in [2.05, 4.69) is 4.72 Å². The molecule has 1 aromatic carbocycles. The molecule has 1 fully saturated rings. The summed E-state index contributed by atoms with van der Waals surface area (Å²) in [6.07, 6.45) is 1.51. The molecule has 8 heteroatoms. The number of sulfonamides is 1. The lowest BCUT2D eigenvalue weighted by Crippen LogP contribution is -2.46. The number of amides is 1. The molecule has 3 rings (SSSR count). The topological polar surface area (TPSA) is 83.6 Å². The van der Waals surface area contributed by atoms with Gasteiger partial charge in [0.15, 0.2) is 5.78 Å². The molecule has 0 radical (unpaired) electrons. The standard InChI is InChI=1S/C20H24N2O4S2/c1-15-4-6-16(7-5-15)18(23)8-9-19(24)22-12-10-17(11-13-22)21-28(25,26)20-3-2-14-27-20/h2-7,14,17,21H,8-13H2,1H3. The van der Waals surface area contributed by atoms with Crippen LogP contribution >= 0.6 is 11.3 Å². The molecule has 0 atom stereocenters. The van der Waals surface area contributed by atoms with Crippen LogP contribution in [0.4, 0.5) is 0 Å². The summed E-state index contributed by atoms with van der Waals surface area (Å²) in [6.45, 7) is 2.95. The summed E-state index contributed by atoms with van der Waals surface area (Å²) in [5.41, 5.74) is 1.71. The Morgan fingerprint density at radius 3 is 2.39 bits per heavy atom. The Balaban J connectivity index is 1.45. The van der Waals surface area contributed by atoms with Crippen LogP contribution in [0, 0.1) is 6.92 Å². The maximum Gasteiger partial charge on any atom is 0.250 e. The molecule has 2 aromatic rings. The summed E-state index contributed by atoms with van der Waals surface area (Å²) < 4.78 is 27.6. The second-order valence-electron chi connectivity index (χ2n) is 7.00. The maximum absolute atomic E-state index is 12.4. The van der Waals surface area contributed by atoms with Crippen LogP contribution in [0.25, 0.3) is 0 Å². The van der Waals surface area contributed by atoms with Crippen molar-refractivity contribution >= 4 is 33.1 Å². The van der Waals surface area contributed by atoms with E-state index in [1.165, 1.54) is 11.3 Å². The van der Waals surface area contributed by atoms with E-state index >= 15 is 0 Å². The number of thiophene rings is 1. The number of hydrogen-bond donors (Lipinski definition) is 1. The molecule has 1 saturated heterocycles. The van der Waals surface area contributed by atoms with Crippen LogP contribution in [-0.2, 0) is 14.8 Å². The molecule has 0 spiro atoms. The third-order valence-electron chi connectivity index (χ3n) is 4.87. The number of piperidine rings is 1. The zero-order valence-corrected chi connectivity index (χ0v) is 17.4. The minimum atomic E-state index is -3.49. The number of benzene rings is 1. The van der Waals surface area contributed by atoms with Crippen molar-refractivity contribution in [1.82, 2.24) is 9.62 Å². The van der Waals surface area contributed by atoms with Crippen molar-refractivity contribution in [3.63, 3.8) is 0 Å². The average Bonchev–Trinajstić information content (AvgIpc) is 3.22. The molecule has 1 aromatic heterocycles. The normalized spacial score (nSPS) is 15.5. The van der Waals surface area contributed by atoms with Gasteiger partial charge in [0.05, 0.1) is 0 Å². The summed E-state index contributed by atoms with van der Waals surface area (Å²) in [6, 6.07) is 10.5. The fourth-order valence-electron chi connectivity index (χ4n) is 3.20. The molecule has 150 valence electrons. The quantitative estimate of drug-likeness (QED) is 0.698. The number of hydrogen-bond acceptors (Lipinski definition) is 5. The predicted molar refractivity (Wildman–Crippen MR) is 109 cm³/mol. The van der Waals surface area contributed by atoms with Gasteiger partial charge in [0.1, 0.15) is 4.21 Å². The molecule has 6 nitrogen and oxygen atoms in total. The fraction of sp³-hybridized carbons (Fsp3) is 0.400. The van der Waals surface area contributed by atoms with Gasteiger partial charge in [-0.15, -0.1) is 11.3 Å². The van der Waals surface area contributed by atoms with Gasteiger partial charge in [-0.05, 0) is 31.2 Å². The summed E-state index contributed by atoms with van der Waals surface area (Å²) >= 11 is 1.19. The van der Waals surface area contributed by atoms with E-state index in [1.807, 2.05) is 19.1 Å². The van der Waals surface area contributed by atoms with Gasteiger partial charge in [-0.2, -0.15) is 0 Å². The first-order valence-corrected chi connectivity index (χ1v) is 11.6. The van der Waals surface area contributed by atoms with Crippen molar-refractivity contribution in [2.75, 3.05) is 13.1 Å². The predicted octanol–water partition coefficient (Wildman–Crippen LogP) is 2.99. The van der Waals surface area contributed by atoms with E-state index in [9.17, 15) is 18.0 Å². The molecule has 1 aliphatic heterocycles. The highest BCUT2D eigenvalue weighted by molar-refractivity contribution is 7.91. The third kappa shape index (κ3) is 5.27. The number of ketones is 1. The molecule has 0 unspecified atom stereocenters. The van der Waals surface area contributed by atoms with Crippen LogP contribution in [-0.4, -0.2) is 44.1 Å². The Hall–Kier alpha value is -2.03. The van der Waals surface area contributed by atoms with Crippen molar-refractivity contribution in [3.05, 3.63) is 52.9 Å². The molecule has 28 heavy (non-hydrogen) atoms. The zero-order chi connectivity index (χ0) is 20.1. The van der Waals surface area contributed by atoms with E-state index in [1.54, 1.807) is 34.5 Å². The van der Waals surface area contributed by atoms with E-state index in [-0.39, 0.29) is 30.6 Å². The minimum absolute atomic E-state index is 0.0352. The van der Waals surface area contributed by atoms with Gasteiger partial charge in [0.25, 0.3) is 0 Å². The largest absolute Gasteiger partial charge is 0.343 e. The third-order valence-corrected chi connectivity index (χ3v) is 7.79. The molecular formula is C20H24N2O4S2. The molecule has 0 aliphatic carbocycles. The van der Waals surface area contributed by atoms with Crippen LogP contribution in [0.3, 0.4) is 0 Å². The minimum Gasteiger partial charge on any atom is -0.343 e. The van der Waals surface area contributed by atoms with Gasteiger partial charge >= 0.3 is 0 Å². The fourth-order valence-corrected chi connectivity index (χ4v) is 5.52. The lowest BCUT2D eigenvalue weighted by atomic mass is 10.0. The molecule has 1 amide bonds. The number of carbonyl (C=O) groups excluding carboxylic acids is 2. The van der Waals surface area contributed by atoms with E-state index in [0.29, 0.717) is 35.7 Å². The van der Waals surface area contributed by atoms with Gasteiger partial charge in [0.2, 0.25) is 15.9 Å². The van der Waals surface area contributed by atoms with Crippen molar-refractivity contribution in [2.45, 2.75) is 42.9 Å². The van der Waals surface area contributed by atoms with E-state index in [0.717, 1.165) is 5.56 Å². The smallest absolute Gasteiger partial charge is 0.250 e. The van der Waals surface area contributed by atoms with Gasteiger partial charge in [0, 0.05) is 37.5 Å². The van der Waals surface area contributed by atoms with Crippen LogP contribution in [0.2, 0.25) is 0 Å². The lowest BCUT2D eigenvalue weighted by Gasteiger charge is -2.32. The highest BCUT2D eigenvalue weighted by atomic mass is 32.2. The number of aryl methyl sites for hydroxylation is 1. The summed E-state index contributed by atoms with van der Waals surface area (Å²) in [5, 5.41) is 1.73. The van der Waals surface area contributed by atoms with Gasteiger partial charge in [-0.25, -0.2) is 13.1 Å². The van der Waals surface area contributed by atoms with Crippen molar-refractivity contribution in [3.8, 4) is 0 Å². The Bertz CT molecular complexity index is 914. The first-order valence-electron chi connectivity index (χ1n) is 9.28. The average molecular weight is 421 g/mol. The highest BCUT2D eigenvalue weighted by Gasteiger charge is 2.27. The highest BCUT2D eigenvalue weighted by Crippen LogP contribution is 2.19. The van der Waals surface area contributed by atoms with Crippen LogP contribution in [0.5, 0.6) is 0 Å². The number of nitrogens with one attached hydrogen (secondary N) is 1. The van der Waals surface area contributed by atoms with Gasteiger partial charge in [-0.3, -0.25) is 9.59 Å². The molecule has 1 aliphatic rings. The van der Waals surface area contributed by atoms with Gasteiger partial charge < -0.3 is 4.90 Å². The number of rotatable bonds is 7. The van der Waals surface area contributed by atoms with E-state index in [4.69, 9.17) is 0 Å². The summed E-state index contributed by atoms with van der Waals surface area (Å²) in [7, 11) is -3.49. The molecule has 0 saturated carbocycles. The molecule has 1 N–H and O–H groups in total. The number of Topliss-reactive ketones (excluding diaryl/α,β-unsaturated/α-hetero) is 1. The maximum atomic E-state index is 12.4. The zero-order valence-electron chi connectivity index (χ0n) is 15.8. The van der Waals surface area contributed by atoms with Crippen LogP contribution in [0.1, 0.15) is 41.6 Å². The first-order chi connectivity index (χ1) is 13.3. The Morgan fingerprint density at radius 1 is 1.11 bits per heavy atom. The summed E-state index contributed by atoms with van der Waals surface area (Å²) in [4.78, 5) is 26.3. The van der Waals surface area contributed by atoms with E-state index < -0.39 is 10.0 Å². The Morgan fingerprint density at radius 2 is 1.79 bits per heavy atom. The lowest BCUT2D eigenvalue weighted by molar-refractivity contribution is -0.132. The monoisotopic (exact) mass is 420 g/mol. The molecule has 2 heterocycles. The van der Waals surface area contributed by atoms with Crippen molar-refractivity contribution in [2.24, 2.45) is 0 Å².